The molecule has 0 saturated heterocycles. The summed E-state index contributed by atoms with van der Waals surface area (Å²) in [5.74, 6) is 0. The van der Waals surface area contributed by atoms with Crippen molar-refractivity contribution in [3.05, 3.63) is 60.2 Å². The standard InChI is InChI=1S/C19H21NO/c20-16(7-5-11-21)13-15-12-14-6-1-2-8-17(14)19-10-4-3-9-18(15)19/h1-4,6,8-10,12,16,21H,5,7,11,13,20H2/t16-/m1/s1. The number of fused-ring (bicyclic) bond motifs is 3. The molecule has 0 spiro atoms. The van der Waals surface area contributed by atoms with E-state index in [1.54, 1.807) is 0 Å². The Morgan fingerprint density at radius 2 is 1.57 bits per heavy atom. The predicted octanol–water partition coefficient (Wildman–Crippen LogP) is 3.64. The van der Waals surface area contributed by atoms with Gasteiger partial charge in [0, 0.05) is 12.6 Å². The molecule has 0 amide bonds. The van der Waals surface area contributed by atoms with Gasteiger partial charge in [0.15, 0.2) is 0 Å². The summed E-state index contributed by atoms with van der Waals surface area (Å²) in [6, 6.07) is 19.4. The molecule has 3 N–H and O–H groups in total. The van der Waals surface area contributed by atoms with Crippen LogP contribution in [-0.2, 0) is 6.42 Å². The molecule has 0 aromatic heterocycles. The Bertz CT molecular complexity index is 751. The average Bonchev–Trinajstić information content (AvgIpc) is 2.53. The molecule has 0 bridgehead atoms. The third-order valence-corrected chi connectivity index (χ3v) is 4.07. The summed E-state index contributed by atoms with van der Waals surface area (Å²) in [6.45, 7) is 0.214. The van der Waals surface area contributed by atoms with Crippen LogP contribution in [0.15, 0.2) is 54.6 Å². The van der Waals surface area contributed by atoms with Crippen molar-refractivity contribution in [3.63, 3.8) is 0 Å². The third kappa shape index (κ3) is 2.92. The van der Waals surface area contributed by atoms with E-state index in [4.69, 9.17) is 10.8 Å². The first-order chi connectivity index (χ1) is 10.3. The largest absolute Gasteiger partial charge is 0.396 e. The molecule has 3 aromatic carbocycles. The summed E-state index contributed by atoms with van der Waals surface area (Å²) in [5, 5.41) is 14.1. The second kappa shape index (κ2) is 6.25. The van der Waals surface area contributed by atoms with E-state index in [-0.39, 0.29) is 12.6 Å². The maximum absolute atomic E-state index is 8.94. The Balaban J connectivity index is 2.07. The summed E-state index contributed by atoms with van der Waals surface area (Å²) in [4.78, 5) is 0. The van der Waals surface area contributed by atoms with Crippen molar-refractivity contribution in [1.29, 1.82) is 0 Å². The van der Waals surface area contributed by atoms with Crippen LogP contribution in [0.4, 0.5) is 0 Å². The molecule has 0 unspecified atom stereocenters. The second-order valence-electron chi connectivity index (χ2n) is 5.63. The zero-order chi connectivity index (χ0) is 14.7. The minimum absolute atomic E-state index is 0.0988. The molecule has 0 aliphatic rings. The summed E-state index contributed by atoms with van der Waals surface area (Å²) < 4.78 is 0. The molecule has 0 aliphatic carbocycles. The minimum Gasteiger partial charge on any atom is -0.396 e. The molecule has 0 aliphatic heterocycles. The Morgan fingerprint density at radius 1 is 0.905 bits per heavy atom. The molecule has 2 nitrogen and oxygen atoms in total. The van der Waals surface area contributed by atoms with Crippen molar-refractivity contribution in [2.24, 2.45) is 5.73 Å². The van der Waals surface area contributed by atoms with Gasteiger partial charge >= 0.3 is 0 Å². The molecule has 0 radical (unpaired) electrons. The van der Waals surface area contributed by atoms with E-state index in [2.05, 4.69) is 54.6 Å². The van der Waals surface area contributed by atoms with Crippen LogP contribution in [0.1, 0.15) is 18.4 Å². The van der Waals surface area contributed by atoms with Gasteiger partial charge in [0.1, 0.15) is 0 Å². The van der Waals surface area contributed by atoms with Gasteiger partial charge in [0.25, 0.3) is 0 Å². The van der Waals surface area contributed by atoms with Crippen LogP contribution in [0.25, 0.3) is 21.5 Å². The highest BCUT2D eigenvalue weighted by atomic mass is 16.2. The smallest absolute Gasteiger partial charge is 0.0431 e. The Morgan fingerprint density at radius 3 is 2.33 bits per heavy atom. The maximum atomic E-state index is 8.94. The lowest BCUT2D eigenvalue weighted by Crippen LogP contribution is -2.23. The van der Waals surface area contributed by atoms with Gasteiger partial charge in [0.2, 0.25) is 0 Å². The molecule has 21 heavy (non-hydrogen) atoms. The number of hydrogen-bond donors (Lipinski definition) is 2. The fraction of sp³-hybridized carbons (Fsp3) is 0.263. The van der Waals surface area contributed by atoms with Crippen LogP contribution < -0.4 is 5.73 Å². The summed E-state index contributed by atoms with van der Waals surface area (Å²) in [6.07, 6.45) is 2.48. The van der Waals surface area contributed by atoms with Crippen molar-refractivity contribution in [1.82, 2.24) is 0 Å². The summed E-state index contributed by atoms with van der Waals surface area (Å²) in [5.41, 5.74) is 7.52. The topological polar surface area (TPSA) is 46.2 Å². The minimum atomic E-state index is 0.0988. The normalized spacial score (nSPS) is 12.9. The zero-order valence-electron chi connectivity index (χ0n) is 12.1. The van der Waals surface area contributed by atoms with Crippen molar-refractivity contribution < 1.29 is 5.11 Å². The Labute approximate surface area is 125 Å². The Hall–Kier alpha value is -1.90. The van der Waals surface area contributed by atoms with E-state index in [1.165, 1.54) is 27.1 Å². The number of aliphatic hydroxyl groups is 1. The van der Waals surface area contributed by atoms with Crippen molar-refractivity contribution in [2.75, 3.05) is 6.61 Å². The van der Waals surface area contributed by atoms with Crippen molar-refractivity contribution in [3.8, 4) is 0 Å². The number of benzene rings is 3. The van der Waals surface area contributed by atoms with Gasteiger partial charge in [-0.25, -0.2) is 0 Å². The van der Waals surface area contributed by atoms with Crippen molar-refractivity contribution >= 4 is 21.5 Å². The Kier molecular flexibility index (Phi) is 4.18. The van der Waals surface area contributed by atoms with Crippen LogP contribution >= 0.6 is 0 Å². The van der Waals surface area contributed by atoms with Crippen LogP contribution in [0.3, 0.4) is 0 Å². The lowest BCUT2D eigenvalue weighted by Gasteiger charge is -2.15. The average molecular weight is 279 g/mol. The molecule has 0 saturated carbocycles. The van der Waals surface area contributed by atoms with Gasteiger partial charge in [-0.2, -0.15) is 0 Å². The molecular formula is C19H21NO. The van der Waals surface area contributed by atoms with Gasteiger partial charge in [-0.05, 0) is 46.4 Å². The van der Waals surface area contributed by atoms with E-state index in [9.17, 15) is 0 Å². The highest BCUT2D eigenvalue weighted by molar-refractivity contribution is 6.08. The predicted molar refractivity (Wildman–Crippen MR) is 89.5 cm³/mol. The number of aliphatic hydroxyl groups excluding tert-OH is 1. The van der Waals surface area contributed by atoms with Gasteiger partial charge in [-0.15, -0.1) is 0 Å². The van der Waals surface area contributed by atoms with E-state index < -0.39 is 0 Å². The van der Waals surface area contributed by atoms with E-state index in [0.717, 1.165) is 19.3 Å². The first-order valence-corrected chi connectivity index (χ1v) is 7.55. The molecule has 108 valence electrons. The van der Waals surface area contributed by atoms with Crippen LogP contribution in [-0.4, -0.2) is 17.8 Å². The highest BCUT2D eigenvalue weighted by Crippen LogP contribution is 2.29. The molecule has 1 atom stereocenters. The van der Waals surface area contributed by atoms with E-state index in [1.807, 2.05) is 0 Å². The molecule has 3 rings (SSSR count). The van der Waals surface area contributed by atoms with Gasteiger partial charge in [-0.1, -0.05) is 54.6 Å². The summed E-state index contributed by atoms with van der Waals surface area (Å²) in [7, 11) is 0. The lowest BCUT2D eigenvalue weighted by molar-refractivity contribution is 0.279. The van der Waals surface area contributed by atoms with E-state index in [0.29, 0.717) is 0 Å². The molecule has 2 heteroatoms. The first kappa shape index (κ1) is 14.1. The number of nitrogens with two attached hydrogens (primary N) is 1. The van der Waals surface area contributed by atoms with Crippen LogP contribution in [0.5, 0.6) is 0 Å². The highest BCUT2D eigenvalue weighted by Gasteiger charge is 2.09. The van der Waals surface area contributed by atoms with Gasteiger partial charge in [0.05, 0.1) is 0 Å². The molecular weight excluding hydrogens is 258 g/mol. The fourth-order valence-corrected chi connectivity index (χ4v) is 3.04. The monoisotopic (exact) mass is 279 g/mol. The van der Waals surface area contributed by atoms with E-state index >= 15 is 0 Å². The van der Waals surface area contributed by atoms with Crippen molar-refractivity contribution in [2.45, 2.75) is 25.3 Å². The SMILES string of the molecule is N[C@H](CCCO)Cc1cc2ccccc2c2ccccc12. The second-order valence-corrected chi connectivity index (χ2v) is 5.63. The molecule has 3 aromatic rings. The number of hydrogen-bond acceptors (Lipinski definition) is 2. The number of rotatable bonds is 5. The van der Waals surface area contributed by atoms with Crippen LogP contribution in [0, 0.1) is 0 Å². The molecule has 0 heterocycles. The quantitative estimate of drug-likeness (QED) is 0.700. The molecule has 0 fully saturated rings. The van der Waals surface area contributed by atoms with Gasteiger partial charge in [-0.3, -0.25) is 0 Å². The first-order valence-electron chi connectivity index (χ1n) is 7.55. The third-order valence-electron chi connectivity index (χ3n) is 4.07. The van der Waals surface area contributed by atoms with Gasteiger partial charge < -0.3 is 10.8 Å². The maximum Gasteiger partial charge on any atom is 0.0431 e. The zero-order valence-corrected chi connectivity index (χ0v) is 12.1. The fourth-order valence-electron chi connectivity index (χ4n) is 3.04. The summed E-state index contributed by atoms with van der Waals surface area (Å²) >= 11 is 0. The lowest BCUT2D eigenvalue weighted by atomic mass is 9.93. The van der Waals surface area contributed by atoms with Crippen LogP contribution in [0.2, 0.25) is 0 Å².